The molecule has 0 aromatic heterocycles. The van der Waals surface area contributed by atoms with Gasteiger partial charge in [0.05, 0.1) is 11.8 Å². The van der Waals surface area contributed by atoms with Crippen LogP contribution in [-0.2, 0) is 24.0 Å². The number of hydrogen-bond donors (Lipinski definition) is 2. The molecule has 0 bridgehead atoms. The molecule has 198 valence electrons. The monoisotopic (exact) mass is 525 g/mol. The summed E-state index contributed by atoms with van der Waals surface area (Å²) in [6.07, 6.45) is 3.71. The highest BCUT2D eigenvalue weighted by Gasteiger charge is 2.56. The van der Waals surface area contributed by atoms with Gasteiger partial charge >= 0.3 is 5.97 Å². The third-order valence-electron chi connectivity index (χ3n) is 8.67. The van der Waals surface area contributed by atoms with Gasteiger partial charge in [-0.25, -0.2) is 0 Å². The van der Waals surface area contributed by atoms with Crippen molar-refractivity contribution in [2.24, 2.45) is 17.8 Å². The number of carboxylic acids is 1. The number of ketones is 2. The highest BCUT2D eigenvalue weighted by molar-refractivity contribution is 6.24. The zero-order valence-corrected chi connectivity index (χ0v) is 21.3. The van der Waals surface area contributed by atoms with Gasteiger partial charge in [0.25, 0.3) is 0 Å². The number of imide groups is 1. The molecule has 8 nitrogen and oxygen atoms in total. The van der Waals surface area contributed by atoms with Crippen LogP contribution in [0, 0.1) is 17.8 Å². The van der Waals surface area contributed by atoms with Crippen LogP contribution in [0.25, 0.3) is 10.8 Å². The third-order valence-corrected chi connectivity index (χ3v) is 8.67. The zero-order chi connectivity index (χ0) is 27.6. The molecule has 1 heterocycles. The quantitative estimate of drug-likeness (QED) is 0.345. The Morgan fingerprint density at radius 3 is 2.56 bits per heavy atom. The Morgan fingerprint density at radius 1 is 1.03 bits per heavy atom. The Hall–Kier alpha value is -4.33. The molecular formula is C31H27NO7. The molecule has 0 radical (unpaired) electrons. The van der Waals surface area contributed by atoms with Gasteiger partial charge in [0, 0.05) is 46.6 Å². The number of phenolic OH excluding ortho intramolecular Hbond substituents is 1. The lowest BCUT2D eigenvalue weighted by molar-refractivity contribution is -0.142. The van der Waals surface area contributed by atoms with Crippen LogP contribution in [0.15, 0.2) is 70.8 Å². The second-order valence-corrected chi connectivity index (χ2v) is 10.8. The van der Waals surface area contributed by atoms with Gasteiger partial charge < -0.3 is 10.2 Å². The molecule has 1 aliphatic heterocycles. The smallest absolute Gasteiger partial charge is 0.303 e. The number of nitrogens with zero attached hydrogens (tertiary/aromatic N) is 1. The average Bonchev–Trinajstić information content (AvgIpc) is 3.16. The molecule has 4 atom stereocenters. The van der Waals surface area contributed by atoms with Gasteiger partial charge in [0.2, 0.25) is 11.8 Å². The highest BCUT2D eigenvalue weighted by atomic mass is 16.4. The van der Waals surface area contributed by atoms with E-state index in [2.05, 4.69) is 0 Å². The number of hydrogen-bond acceptors (Lipinski definition) is 6. The van der Waals surface area contributed by atoms with E-state index < -0.39 is 29.6 Å². The van der Waals surface area contributed by atoms with Gasteiger partial charge in [-0.1, -0.05) is 48.0 Å². The number of phenols is 1. The van der Waals surface area contributed by atoms with Crippen LogP contribution in [0.5, 0.6) is 5.75 Å². The normalized spacial score (nSPS) is 26.3. The molecule has 4 aliphatic rings. The van der Waals surface area contributed by atoms with E-state index in [1.165, 1.54) is 11.0 Å². The maximum Gasteiger partial charge on any atom is 0.303 e. The summed E-state index contributed by atoms with van der Waals surface area (Å²) in [5, 5.41) is 21.9. The highest BCUT2D eigenvalue weighted by Crippen LogP contribution is 2.56. The SMILES string of the molecule is CC1=CC(=O)C2=C(C[C@@H]3C(=CC[C@@H]4C(=O)N(CCCC(=O)O)C(=O)[C@@H]43)[C@@H]2c2ccc3ccccc3c2O)C1=O. The van der Waals surface area contributed by atoms with E-state index in [-0.39, 0.29) is 54.9 Å². The Kier molecular flexibility index (Phi) is 5.86. The Morgan fingerprint density at radius 2 is 1.79 bits per heavy atom. The third kappa shape index (κ3) is 3.77. The molecule has 6 rings (SSSR count). The fraction of sp³-hybridized carbons (Fsp3) is 0.323. The van der Waals surface area contributed by atoms with Crippen molar-refractivity contribution in [2.45, 2.75) is 38.5 Å². The lowest BCUT2D eigenvalue weighted by Gasteiger charge is -2.42. The lowest BCUT2D eigenvalue weighted by atomic mass is 9.59. The lowest BCUT2D eigenvalue weighted by Crippen LogP contribution is -2.40. The number of rotatable bonds is 5. The minimum Gasteiger partial charge on any atom is -0.507 e. The van der Waals surface area contributed by atoms with Crippen molar-refractivity contribution in [1.29, 1.82) is 0 Å². The summed E-state index contributed by atoms with van der Waals surface area (Å²) < 4.78 is 0. The molecule has 2 N–H and O–H groups in total. The number of carboxylic acid groups (broad SMARTS) is 1. The molecule has 0 unspecified atom stereocenters. The van der Waals surface area contributed by atoms with Gasteiger partial charge in [-0.05, 0) is 43.6 Å². The van der Waals surface area contributed by atoms with Crippen molar-refractivity contribution in [3.05, 3.63) is 76.4 Å². The van der Waals surface area contributed by atoms with Crippen LogP contribution in [0.2, 0.25) is 0 Å². The van der Waals surface area contributed by atoms with Crippen LogP contribution in [0.1, 0.15) is 44.1 Å². The number of allylic oxidation sites excluding steroid dienone is 6. The van der Waals surface area contributed by atoms with Crippen molar-refractivity contribution < 1.29 is 34.2 Å². The van der Waals surface area contributed by atoms with E-state index in [4.69, 9.17) is 5.11 Å². The van der Waals surface area contributed by atoms with Gasteiger partial charge in [0.1, 0.15) is 5.75 Å². The fourth-order valence-corrected chi connectivity index (χ4v) is 6.92. The first-order valence-electron chi connectivity index (χ1n) is 13.2. The number of aromatic hydroxyl groups is 1. The second kappa shape index (κ2) is 9.15. The van der Waals surface area contributed by atoms with E-state index >= 15 is 0 Å². The Labute approximate surface area is 224 Å². The molecule has 2 amide bonds. The number of aliphatic carboxylic acids is 1. The summed E-state index contributed by atoms with van der Waals surface area (Å²) in [4.78, 5) is 65.8. The molecule has 2 aromatic carbocycles. The van der Waals surface area contributed by atoms with Crippen LogP contribution in [0.4, 0.5) is 0 Å². The van der Waals surface area contributed by atoms with Gasteiger partial charge in [-0.2, -0.15) is 0 Å². The molecule has 8 heteroatoms. The first-order valence-corrected chi connectivity index (χ1v) is 13.2. The molecule has 2 aromatic rings. The van der Waals surface area contributed by atoms with Crippen molar-refractivity contribution in [3.63, 3.8) is 0 Å². The zero-order valence-electron chi connectivity index (χ0n) is 21.3. The molecule has 0 spiro atoms. The standard InChI is InChI=1S/C31H27NO7/c1-15-13-23(33)27-22(28(15)36)14-21-18(25(27)19-9-8-16-5-2-3-6-17(16)29(19)37)10-11-20-26(21)31(39)32(30(20)38)12-4-7-24(34)35/h2-3,5-6,8-10,13,20-21,25-26,37H,4,7,11-12,14H2,1H3,(H,34,35)/t20-,21+,25+,26-/m0/s1. The summed E-state index contributed by atoms with van der Waals surface area (Å²) in [7, 11) is 0. The predicted octanol–water partition coefficient (Wildman–Crippen LogP) is 3.84. The average molecular weight is 526 g/mol. The fourth-order valence-electron chi connectivity index (χ4n) is 6.92. The number of likely N-dealkylation sites (tertiary alicyclic amines) is 1. The topological polar surface area (TPSA) is 129 Å². The van der Waals surface area contributed by atoms with Gasteiger partial charge in [-0.3, -0.25) is 28.9 Å². The summed E-state index contributed by atoms with van der Waals surface area (Å²) in [6.45, 7) is 1.62. The predicted molar refractivity (Wildman–Crippen MR) is 141 cm³/mol. The molecule has 0 saturated carbocycles. The Bertz CT molecular complexity index is 1590. The van der Waals surface area contributed by atoms with E-state index in [0.717, 1.165) is 11.0 Å². The van der Waals surface area contributed by atoms with E-state index in [1.54, 1.807) is 19.1 Å². The van der Waals surface area contributed by atoms with Crippen molar-refractivity contribution in [3.8, 4) is 5.75 Å². The Balaban J connectivity index is 1.47. The van der Waals surface area contributed by atoms with E-state index in [9.17, 15) is 29.1 Å². The van der Waals surface area contributed by atoms with E-state index in [0.29, 0.717) is 34.1 Å². The van der Waals surface area contributed by atoms with Crippen LogP contribution in [0.3, 0.4) is 0 Å². The molecule has 1 fully saturated rings. The minimum absolute atomic E-state index is 0.0178. The van der Waals surface area contributed by atoms with E-state index in [1.807, 2.05) is 30.3 Å². The van der Waals surface area contributed by atoms with Gasteiger partial charge in [0.15, 0.2) is 11.6 Å². The number of Topliss-reactive ketones (excluding diaryl/α,β-unsaturated/α-hetero) is 1. The number of benzene rings is 2. The summed E-state index contributed by atoms with van der Waals surface area (Å²) >= 11 is 0. The van der Waals surface area contributed by atoms with Crippen molar-refractivity contribution in [1.82, 2.24) is 4.90 Å². The second-order valence-electron chi connectivity index (χ2n) is 10.8. The van der Waals surface area contributed by atoms with Crippen LogP contribution in [-0.4, -0.2) is 51.0 Å². The molecular weight excluding hydrogens is 498 g/mol. The largest absolute Gasteiger partial charge is 0.507 e. The van der Waals surface area contributed by atoms with Crippen LogP contribution >= 0.6 is 0 Å². The first-order chi connectivity index (χ1) is 18.7. The summed E-state index contributed by atoms with van der Waals surface area (Å²) in [5.74, 6) is -4.75. The first kappa shape index (κ1) is 25.0. The number of carbonyl (C=O) groups is 5. The minimum atomic E-state index is -0.996. The van der Waals surface area contributed by atoms with Crippen LogP contribution < -0.4 is 0 Å². The summed E-state index contributed by atoms with van der Waals surface area (Å²) in [5.41, 5.74) is 2.24. The number of fused-ring (bicyclic) bond motifs is 4. The molecule has 3 aliphatic carbocycles. The summed E-state index contributed by atoms with van der Waals surface area (Å²) in [6, 6.07) is 11.0. The maximum atomic E-state index is 13.6. The van der Waals surface area contributed by atoms with Gasteiger partial charge in [-0.15, -0.1) is 0 Å². The molecule has 1 saturated heterocycles. The molecule has 39 heavy (non-hydrogen) atoms. The number of amides is 2. The van der Waals surface area contributed by atoms with Crippen molar-refractivity contribution in [2.75, 3.05) is 6.54 Å². The maximum absolute atomic E-state index is 13.6. The van der Waals surface area contributed by atoms with Crippen molar-refractivity contribution >= 4 is 40.1 Å². The number of carbonyl (C=O) groups excluding carboxylic acids is 4.